The van der Waals surface area contributed by atoms with E-state index in [0.29, 0.717) is 17.9 Å². The third-order valence-electron chi connectivity index (χ3n) is 6.54. The summed E-state index contributed by atoms with van der Waals surface area (Å²) < 4.78 is 28.8. The number of likely N-dealkylation sites (tertiary alicyclic amines) is 1. The van der Waals surface area contributed by atoms with Crippen LogP contribution in [0.15, 0.2) is 42.5 Å². The van der Waals surface area contributed by atoms with E-state index in [1.807, 2.05) is 0 Å². The molecule has 2 aliphatic rings. The maximum absolute atomic E-state index is 14.4. The fourth-order valence-corrected chi connectivity index (χ4v) is 4.68. The van der Waals surface area contributed by atoms with Crippen LogP contribution in [0, 0.1) is 11.6 Å². The van der Waals surface area contributed by atoms with Crippen LogP contribution < -0.4 is 10.6 Å². The van der Waals surface area contributed by atoms with Gasteiger partial charge in [0.25, 0.3) is 5.91 Å². The minimum absolute atomic E-state index is 0.0312. The predicted octanol–water partition coefficient (Wildman–Crippen LogP) is 3.32. The first kappa shape index (κ1) is 23.8. The van der Waals surface area contributed by atoms with E-state index in [9.17, 15) is 23.5 Å². The molecule has 3 heterocycles. The van der Waals surface area contributed by atoms with Crippen LogP contribution in [0.1, 0.15) is 40.9 Å². The van der Waals surface area contributed by atoms with Crippen LogP contribution in [0.5, 0.6) is 0 Å². The number of aliphatic hydroxyl groups excluding tert-OH is 1. The fraction of sp³-hybridized carbons (Fsp3) is 0.308. The van der Waals surface area contributed by atoms with E-state index in [1.165, 1.54) is 6.07 Å². The number of aromatic nitrogens is 2. The molecule has 186 valence electrons. The van der Waals surface area contributed by atoms with Crippen molar-refractivity contribution in [1.29, 1.82) is 0 Å². The number of nitrogens with one attached hydrogen (secondary N) is 2. The van der Waals surface area contributed by atoms with Crippen molar-refractivity contribution in [2.75, 3.05) is 18.5 Å². The Morgan fingerprint density at radius 3 is 2.56 bits per heavy atom. The number of piperidine rings is 1. The molecule has 2 aromatic carbocycles. The largest absolute Gasteiger partial charge is 0.394 e. The maximum Gasteiger partial charge on any atom is 0.257 e. The van der Waals surface area contributed by atoms with Crippen molar-refractivity contribution < 1.29 is 23.5 Å². The van der Waals surface area contributed by atoms with Crippen LogP contribution in [0.3, 0.4) is 0 Å². The van der Waals surface area contributed by atoms with Crippen molar-refractivity contribution >= 4 is 23.3 Å². The van der Waals surface area contributed by atoms with Gasteiger partial charge < -0.3 is 20.6 Å². The van der Waals surface area contributed by atoms with E-state index in [-0.39, 0.29) is 60.2 Å². The standard InChI is InChI=1S/C26H25F2N5O3/c27-18-5-3-6-19(28)22(18)24-31-20-13-29-26(36)23(20)25(32-24)30-16-9-7-15(8-10-16)12-21(35)33-11-2-1-4-17(33)14-34/h3,5-10,17,34H,1-2,4,11-14H2,(H,29,36)(H,30,31,32)/t17-/m0/s1. The molecular formula is C26H25F2N5O3. The number of rotatable bonds is 6. The molecular weight excluding hydrogens is 468 g/mol. The molecule has 10 heteroatoms. The second kappa shape index (κ2) is 9.98. The number of carbonyl (C=O) groups is 2. The number of amides is 2. The number of nitrogens with zero attached hydrogens (tertiary/aromatic N) is 3. The highest BCUT2D eigenvalue weighted by molar-refractivity contribution is 6.03. The SMILES string of the molecule is O=C1NCc2nc(-c3c(F)cccc3F)nc(Nc3ccc(CC(=O)N4CCCC[C@H]4CO)cc3)c21. The molecule has 3 N–H and O–H groups in total. The summed E-state index contributed by atoms with van der Waals surface area (Å²) in [6, 6.07) is 10.4. The lowest BCUT2D eigenvalue weighted by Gasteiger charge is -2.34. The smallest absolute Gasteiger partial charge is 0.257 e. The van der Waals surface area contributed by atoms with Crippen molar-refractivity contribution in [2.45, 2.75) is 38.3 Å². The summed E-state index contributed by atoms with van der Waals surface area (Å²) in [6.45, 7) is 0.737. The van der Waals surface area contributed by atoms with Crippen molar-refractivity contribution in [3.63, 3.8) is 0 Å². The molecule has 8 nitrogen and oxygen atoms in total. The van der Waals surface area contributed by atoms with Gasteiger partial charge in [-0.1, -0.05) is 18.2 Å². The summed E-state index contributed by atoms with van der Waals surface area (Å²) in [7, 11) is 0. The van der Waals surface area contributed by atoms with Gasteiger partial charge in [-0.05, 0) is 49.1 Å². The molecule has 1 saturated heterocycles. The molecule has 0 saturated carbocycles. The molecule has 0 bridgehead atoms. The molecule has 0 unspecified atom stereocenters. The Morgan fingerprint density at radius 2 is 1.83 bits per heavy atom. The molecule has 1 fully saturated rings. The van der Waals surface area contributed by atoms with Crippen LogP contribution in [-0.4, -0.2) is 51.0 Å². The van der Waals surface area contributed by atoms with Gasteiger partial charge >= 0.3 is 0 Å². The highest BCUT2D eigenvalue weighted by Crippen LogP contribution is 2.30. The average Bonchev–Trinajstić information content (AvgIpc) is 3.26. The molecule has 1 atom stereocenters. The number of carbonyl (C=O) groups excluding carboxylic acids is 2. The Balaban J connectivity index is 1.38. The topological polar surface area (TPSA) is 107 Å². The van der Waals surface area contributed by atoms with Gasteiger partial charge in [-0.25, -0.2) is 18.7 Å². The second-order valence-electron chi connectivity index (χ2n) is 8.91. The lowest BCUT2D eigenvalue weighted by molar-refractivity contribution is -0.135. The number of anilines is 2. The molecule has 0 radical (unpaired) electrons. The van der Waals surface area contributed by atoms with Gasteiger partial charge in [0.05, 0.1) is 36.9 Å². The van der Waals surface area contributed by atoms with Gasteiger partial charge in [0.1, 0.15) is 23.0 Å². The molecule has 0 spiro atoms. The summed E-state index contributed by atoms with van der Waals surface area (Å²) in [5.41, 5.74) is 1.58. The fourth-order valence-electron chi connectivity index (χ4n) is 4.68. The zero-order valence-electron chi connectivity index (χ0n) is 19.4. The predicted molar refractivity (Wildman–Crippen MR) is 128 cm³/mol. The van der Waals surface area contributed by atoms with Gasteiger partial charge in [-0.3, -0.25) is 9.59 Å². The first-order chi connectivity index (χ1) is 17.4. The molecule has 2 amide bonds. The van der Waals surface area contributed by atoms with Crippen LogP contribution in [0.4, 0.5) is 20.3 Å². The van der Waals surface area contributed by atoms with E-state index < -0.39 is 11.6 Å². The highest BCUT2D eigenvalue weighted by Gasteiger charge is 2.29. The zero-order valence-corrected chi connectivity index (χ0v) is 19.4. The number of hydrogen-bond donors (Lipinski definition) is 3. The number of aliphatic hydroxyl groups is 1. The van der Waals surface area contributed by atoms with Crippen molar-refractivity contribution in [2.24, 2.45) is 0 Å². The minimum Gasteiger partial charge on any atom is -0.394 e. The number of fused-ring (bicyclic) bond motifs is 1. The summed E-state index contributed by atoms with van der Waals surface area (Å²) >= 11 is 0. The monoisotopic (exact) mass is 493 g/mol. The Morgan fingerprint density at radius 1 is 1.08 bits per heavy atom. The number of hydrogen-bond acceptors (Lipinski definition) is 6. The molecule has 5 rings (SSSR count). The molecule has 36 heavy (non-hydrogen) atoms. The zero-order chi connectivity index (χ0) is 25.2. The van der Waals surface area contributed by atoms with E-state index in [2.05, 4.69) is 20.6 Å². The first-order valence-electron chi connectivity index (χ1n) is 11.8. The van der Waals surface area contributed by atoms with Gasteiger partial charge in [0.2, 0.25) is 5.91 Å². The quantitative estimate of drug-likeness (QED) is 0.486. The van der Waals surface area contributed by atoms with E-state index in [1.54, 1.807) is 29.2 Å². The summed E-state index contributed by atoms with van der Waals surface area (Å²) in [6.07, 6.45) is 2.95. The Bertz CT molecular complexity index is 1300. The van der Waals surface area contributed by atoms with Crippen LogP contribution >= 0.6 is 0 Å². The third kappa shape index (κ3) is 4.64. The van der Waals surface area contributed by atoms with Gasteiger partial charge in [0, 0.05) is 12.2 Å². The Kier molecular flexibility index (Phi) is 6.60. The van der Waals surface area contributed by atoms with Crippen LogP contribution in [0.25, 0.3) is 11.4 Å². The normalized spacial score (nSPS) is 17.0. The number of benzene rings is 2. The number of halogens is 2. The molecule has 0 aliphatic carbocycles. The van der Waals surface area contributed by atoms with Crippen LogP contribution in [0.2, 0.25) is 0 Å². The van der Waals surface area contributed by atoms with Gasteiger partial charge in [-0.15, -0.1) is 0 Å². The third-order valence-corrected chi connectivity index (χ3v) is 6.54. The first-order valence-corrected chi connectivity index (χ1v) is 11.8. The minimum atomic E-state index is -0.802. The maximum atomic E-state index is 14.4. The molecule has 2 aliphatic heterocycles. The van der Waals surface area contributed by atoms with E-state index >= 15 is 0 Å². The highest BCUT2D eigenvalue weighted by atomic mass is 19.1. The van der Waals surface area contributed by atoms with E-state index in [4.69, 9.17) is 0 Å². The Labute approximate surface area is 206 Å². The molecule has 3 aromatic rings. The van der Waals surface area contributed by atoms with Crippen molar-refractivity contribution in [1.82, 2.24) is 20.2 Å². The van der Waals surface area contributed by atoms with Crippen molar-refractivity contribution in [3.05, 3.63) is 70.9 Å². The Hall–Kier alpha value is -3.92. The van der Waals surface area contributed by atoms with Crippen LogP contribution in [-0.2, 0) is 17.8 Å². The average molecular weight is 494 g/mol. The van der Waals surface area contributed by atoms with E-state index in [0.717, 1.165) is 37.0 Å². The summed E-state index contributed by atoms with van der Waals surface area (Å²) in [4.78, 5) is 35.4. The van der Waals surface area contributed by atoms with Crippen molar-refractivity contribution in [3.8, 4) is 11.4 Å². The second-order valence-corrected chi connectivity index (χ2v) is 8.91. The van der Waals surface area contributed by atoms with Gasteiger partial charge in [-0.2, -0.15) is 0 Å². The summed E-state index contributed by atoms with van der Waals surface area (Å²) in [5, 5.41) is 15.3. The lowest BCUT2D eigenvalue weighted by Crippen LogP contribution is -2.46. The lowest BCUT2D eigenvalue weighted by atomic mass is 10.0. The summed E-state index contributed by atoms with van der Waals surface area (Å²) in [5.74, 6) is -2.04. The molecule has 1 aromatic heterocycles. The van der Waals surface area contributed by atoms with Gasteiger partial charge in [0.15, 0.2) is 5.82 Å².